The minimum atomic E-state index is 0.704. The van der Waals surface area contributed by atoms with Crippen molar-refractivity contribution in [3.8, 4) is 0 Å². The molecule has 0 saturated heterocycles. The van der Waals surface area contributed by atoms with Crippen LogP contribution in [0.4, 0.5) is 0 Å². The minimum Gasteiger partial charge on any atom is -0.0879 e. The average molecular weight is 298 g/mol. The maximum Gasteiger partial charge on any atom is 0.0271 e. The van der Waals surface area contributed by atoms with Gasteiger partial charge in [0, 0.05) is 9.65 Å². The number of hydrogen-bond acceptors (Lipinski definition) is 0. The second-order valence-electron chi connectivity index (χ2n) is 3.73. The molecule has 0 spiro atoms. The van der Waals surface area contributed by atoms with Crippen molar-refractivity contribution >= 4 is 31.9 Å². The van der Waals surface area contributed by atoms with Crippen LogP contribution in [0.1, 0.15) is 51.4 Å². The highest BCUT2D eigenvalue weighted by Gasteiger charge is 2.15. The third kappa shape index (κ3) is 4.27. The first-order valence-corrected chi connectivity index (χ1v) is 6.92. The van der Waals surface area contributed by atoms with E-state index in [0.29, 0.717) is 9.65 Å². The number of rotatable bonds is 0. The van der Waals surface area contributed by atoms with E-state index in [0.717, 1.165) is 0 Å². The van der Waals surface area contributed by atoms with E-state index in [-0.39, 0.29) is 0 Å². The summed E-state index contributed by atoms with van der Waals surface area (Å²) in [5, 5.41) is 0. The van der Waals surface area contributed by atoms with Gasteiger partial charge in [-0.2, -0.15) is 0 Å². The van der Waals surface area contributed by atoms with E-state index in [2.05, 4.69) is 31.9 Å². The van der Waals surface area contributed by atoms with Crippen molar-refractivity contribution in [2.75, 3.05) is 0 Å². The molecular formula is C10H18Br2. The van der Waals surface area contributed by atoms with Gasteiger partial charge in [0.15, 0.2) is 0 Å². The van der Waals surface area contributed by atoms with Crippen LogP contribution >= 0.6 is 31.9 Å². The Morgan fingerprint density at radius 2 is 0.917 bits per heavy atom. The van der Waals surface area contributed by atoms with Crippen molar-refractivity contribution in [3.63, 3.8) is 0 Å². The lowest BCUT2D eigenvalue weighted by atomic mass is 10.0. The molecule has 0 radical (unpaired) electrons. The third-order valence-electron chi connectivity index (χ3n) is 2.60. The van der Waals surface area contributed by atoms with E-state index in [4.69, 9.17) is 0 Å². The van der Waals surface area contributed by atoms with E-state index in [1.54, 1.807) is 0 Å². The molecule has 1 fully saturated rings. The quantitative estimate of drug-likeness (QED) is 0.571. The Morgan fingerprint density at radius 1 is 0.583 bits per heavy atom. The molecule has 0 heterocycles. The van der Waals surface area contributed by atoms with E-state index >= 15 is 0 Å². The zero-order chi connectivity index (χ0) is 8.81. The fraction of sp³-hybridized carbons (Fsp3) is 1.00. The van der Waals surface area contributed by atoms with Crippen molar-refractivity contribution in [2.45, 2.75) is 61.0 Å². The second kappa shape index (κ2) is 6.42. The number of halogens is 2. The molecule has 2 atom stereocenters. The van der Waals surface area contributed by atoms with Crippen LogP contribution in [-0.4, -0.2) is 9.65 Å². The molecular weight excluding hydrogens is 280 g/mol. The highest BCUT2D eigenvalue weighted by Crippen LogP contribution is 2.26. The summed E-state index contributed by atoms with van der Waals surface area (Å²) in [6, 6.07) is 0. The van der Waals surface area contributed by atoms with Crippen molar-refractivity contribution in [3.05, 3.63) is 0 Å². The molecule has 0 nitrogen and oxygen atoms in total. The monoisotopic (exact) mass is 296 g/mol. The lowest BCUT2D eigenvalue weighted by Gasteiger charge is -2.18. The van der Waals surface area contributed by atoms with Crippen LogP contribution in [0, 0.1) is 0 Å². The summed E-state index contributed by atoms with van der Waals surface area (Å²) in [7, 11) is 0. The maximum atomic E-state index is 3.75. The Balaban J connectivity index is 2.26. The minimum absolute atomic E-state index is 0.704. The topological polar surface area (TPSA) is 0 Å². The lowest BCUT2D eigenvalue weighted by Crippen LogP contribution is -2.14. The molecule has 1 aliphatic carbocycles. The highest BCUT2D eigenvalue weighted by molar-refractivity contribution is 9.12. The Hall–Kier alpha value is 0.960. The summed E-state index contributed by atoms with van der Waals surface area (Å²) in [5.74, 6) is 0. The average Bonchev–Trinajstić information content (AvgIpc) is 2.08. The zero-order valence-electron chi connectivity index (χ0n) is 7.57. The highest BCUT2D eigenvalue weighted by atomic mass is 79.9. The van der Waals surface area contributed by atoms with Crippen molar-refractivity contribution < 1.29 is 0 Å². The fourth-order valence-electron chi connectivity index (χ4n) is 1.75. The molecule has 0 unspecified atom stereocenters. The number of hydrogen-bond donors (Lipinski definition) is 0. The lowest BCUT2D eigenvalue weighted by molar-refractivity contribution is 0.523. The van der Waals surface area contributed by atoms with Gasteiger partial charge in [-0.1, -0.05) is 70.4 Å². The van der Waals surface area contributed by atoms with E-state index < -0.39 is 0 Å². The number of alkyl halides is 2. The Bertz CT molecular complexity index is 100. The Kier molecular flexibility index (Phi) is 5.90. The predicted octanol–water partition coefficient (Wildman–Crippen LogP) is 4.65. The molecule has 0 aromatic heterocycles. The summed E-state index contributed by atoms with van der Waals surface area (Å²) < 4.78 is 0. The summed E-state index contributed by atoms with van der Waals surface area (Å²) >= 11 is 7.50. The summed E-state index contributed by atoms with van der Waals surface area (Å²) in [6.45, 7) is 0. The van der Waals surface area contributed by atoms with E-state index in [9.17, 15) is 0 Å². The molecule has 72 valence electrons. The van der Waals surface area contributed by atoms with Gasteiger partial charge >= 0.3 is 0 Å². The van der Waals surface area contributed by atoms with Crippen LogP contribution in [0.3, 0.4) is 0 Å². The largest absolute Gasteiger partial charge is 0.0879 e. The normalized spacial score (nSPS) is 34.5. The van der Waals surface area contributed by atoms with Gasteiger partial charge in [-0.15, -0.1) is 0 Å². The molecule has 2 heteroatoms. The molecule has 0 aliphatic heterocycles. The molecule has 1 rings (SSSR count). The Labute approximate surface area is 92.8 Å². The van der Waals surface area contributed by atoms with E-state index in [1.165, 1.54) is 51.4 Å². The SMILES string of the molecule is Br[C@H]1CCCCCCCC[C@@H]1Br. The molecule has 0 N–H and O–H groups in total. The van der Waals surface area contributed by atoms with Crippen LogP contribution in [0.2, 0.25) is 0 Å². The summed E-state index contributed by atoms with van der Waals surface area (Å²) in [6.07, 6.45) is 11.3. The van der Waals surface area contributed by atoms with Crippen molar-refractivity contribution in [1.82, 2.24) is 0 Å². The fourth-order valence-corrected chi connectivity index (χ4v) is 2.92. The van der Waals surface area contributed by atoms with E-state index in [1.807, 2.05) is 0 Å². The van der Waals surface area contributed by atoms with Crippen LogP contribution in [0.25, 0.3) is 0 Å². The molecule has 0 aromatic rings. The van der Waals surface area contributed by atoms with Gasteiger partial charge in [0.25, 0.3) is 0 Å². The first-order valence-electron chi connectivity index (χ1n) is 5.09. The maximum absolute atomic E-state index is 3.75. The third-order valence-corrected chi connectivity index (χ3v) is 5.50. The van der Waals surface area contributed by atoms with Crippen LogP contribution < -0.4 is 0 Å². The second-order valence-corrected chi connectivity index (χ2v) is 6.08. The van der Waals surface area contributed by atoms with Gasteiger partial charge < -0.3 is 0 Å². The summed E-state index contributed by atoms with van der Waals surface area (Å²) in [5.41, 5.74) is 0. The Morgan fingerprint density at radius 3 is 1.33 bits per heavy atom. The first-order chi connectivity index (χ1) is 5.80. The predicted molar refractivity (Wildman–Crippen MR) is 62.4 cm³/mol. The van der Waals surface area contributed by atoms with Crippen molar-refractivity contribution in [1.29, 1.82) is 0 Å². The van der Waals surface area contributed by atoms with Crippen LogP contribution in [0.15, 0.2) is 0 Å². The standard InChI is InChI=1S/C10H18Br2/c11-9-7-5-3-1-2-4-6-8-10(9)12/h9-10H,1-8H2/t9-,10-/m0/s1. The van der Waals surface area contributed by atoms with Crippen molar-refractivity contribution in [2.24, 2.45) is 0 Å². The molecule has 12 heavy (non-hydrogen) atoms. The smallest absolute Gasteiger partial charge is 0.0271 e. The van der Waals surface area contributed by atoms with Gasteiger partial charge in [-0.3, -0.25) is 0 Å². The van der Waals surface area contributed by atoms with Gasteiger partial charge in [0.1, 0.15) is 0 Å². The summed E-state index contributed by atoms with van der Waals surface area (Å²) in [4.78, 5) is 1.41. The van der Waals surface area contributed by atoms with Crippen LogP contribution in [0.5, 0.6) is 0 Å². The molecule has 0 amide bonds. The van der Waals surface area contributed by atoms with Crippen LogP contribution in [-0.2, 0) is 0 Å². The molecule has 0 bridgehead atoms. The molecule has 0 aromatic carbocycles. The van der Waals surface area contributed by atoms with Gasteiger partial charge in [-0.25, -0.2) is 0 Å². The first kappa shape index (κ1) is 11.0. The molecule has 1 saturated carbocycles. The zero-order valence-corrected chi connectivity index (χ0v) is 10.7. The van der Waals surface area contributed by atoms with Gasteiger partial charge in [-0.05, 0) is 12.8 Å². The van der Waals surface area contributed by atoms with Gasteiger partial charge in [0.05, 0.1) is 0 Å². The van der Waals surface area contributed by atoms with Gasteiger partial charge in [0.2, 0.25) is 0 Å². The molecule has 1 aliphatic rings.